The van der Waals surface area contributed by atoms with Gasteiger partial charge in [0.2, 0.25) is 23.6 Å². The summed E-state index contributed by atoms with van der Waals surface area (Å²) in [5, 5.41) is 31.4. The van der Waals surface area contributed by atoms with Crippen LogP contribution in [0.4, 0.5) is 13.2 Å². The number of carbonyl (C=O) groups is 5. The molecule has 1 heterocycles. The number of nitrogens with two attached hydrogens (primary N) is 1. The van der Waals surface area contributed by atoms with Gasteiger partial charge >= 0.3 is 12.1 Å². The third-order valence-electron chi connectivity index (χ3n) is 8.49. The topological polar surface area (TPSA) is 203 Å². The summed E-state index contributed by atoms with van der Waals surface area (Å²) < 4.78 is 31.7. The average Bonchev–Trinajstić information content (AvgIpc) is 3.63. The first-order valence-corrected chi connectivity index (χ1v) is 16.8. The van der Waals surface area contributed by atoms with Gasteiger partial charge in [-0.15, -0.1) is 0 Å². The van der Waals surface area contributed by atoms with Crippen molar-refractivity contribution in [3.8, 4) is 5.75 Å². The Bertz CT molecular complexity index is 1660. The van der Waals surface area contributed by atoms with E-state index in [1.54, 1.807) is 19.2 Å². The van der Waals surface area contributed by atoms with Gasteiger partial charge in [0.1, 0.15) is 23.9 Å². The maximum Gasteiger partial charge on any atom is 0.490 e. The van der Waals surface area contributed by atoms with Gasteiger partial charge in [-0.1, -0.05) is 72.8 Å². The number of carboxylic acid groups (broad SMARTS) is 1. The summed E-state index contributed by atoms with van der Waals surface area (Å²) in [4.78, 5) is 66.3. The van der Waals surface area contributed by atoms with Crippen molar-refractivity contribution in [3.05, 3.63) is 102 Å². The smallest absolute Gasteiger partial charge is 0.490 e. The molecule has 4 amide bonds. The number of hydrogen-bond donors (Lipinski definition) is 6. The Labute approximate surface area is 304 Å². The predicted octanol–water partition coefficient (Wildman–Crippen LogP) is 1.79. The number of phenolic OH excluding ortho intramolecular Hbond substituents is 1. The van der Waals surface area contributed by atoms with Crippen molar-refractivity contribution in [1.82, 2.24) is 20.4 Å². The molecule has 0 radical (unpaired) electrons. The molecule has 0 saturated carbocycles. The van der Waals surface area contributed by atoms with E-state index in [0.717, 1.165) is 16.7 Å². The van der Waals surface area contributed by atoms with Gasteiger partial charge in [0.05, 0.1) is 12.6 Å². The van der Waals surface area contributed by atoms with Crippen LogP contribution in [0.5, 0.6) is 5.75 Å². The van der Waals surface area contributed by atoms with Crippen molar-refractivity contribution in [2.24, 2.45) is 5.73 Å². The first-order valence-electron chi connectivity index (χ1n) is 16.8. The summed E-state index contributed by atoms with van der Waals surface area (Å²) in [6.07, 6.45) is -3.40. The van der Waals surface area contributed by atoms with E-state index in [-0.39, 0.29) is 50.0 Å². The molecular weight excluding hydrogens is 699 g/mol. The summed E-state index contributed by atoms with van der Waals surface area (Å²) >= 11 is 0. The Morgan fingerprint density at radius 2 is 1.40 bits per heavy atom. The highest BCUT2D eigenvalue weighted by Crippen LogP contribution is 2.23. The third kappa shape index (κ3) is 12.9. The lowest BCUT2D eigenvalue weighted by molar-refractivity contribution is -0.192. The fourth-order valence-corrected chi connectivity index (χ4v) is 5.73. The van der Waals surface area contributed by atoms with Crippen molar-refractivity contribution in [1.29, 1.82) is 0 Å². The highest BCUT2D eigenvalue weighted by Gasteiger charge is 2.41. The lowest BCUT2D eigenvalue weighted by Gasteiger charge is -2.34. The van der Waals surface area contributed by atoms with Crippen molar-refractivity contribution >= 4 is 29.6 Å². The average molecular weight is 744 g/mol. The Morgan fingerprint density at radius 1 is 0.868 bits per heavy atom. The van der Waals surface area contributed by atoms with Crippen LogP contribution in [0.15, 0.2) is 84.9 Å². The maximum absolute atomic E-state index is 14.0. The van der Waals surface area contributed by atoms with Gasteiger partial charge in [0.15, 0.2) is 0 Å². The Morgan fingerprint density at radius 3 is 1.92 bits per heavy atom. The number of alkyl halides is 3. The van der Waals surface area contributed by atoms with E-state index >= 15 is 0 Å². The number of aromatic hydroxyl groups is 1. The van der Waals surface area contributed by atoms with E-state index in [0.29, 0.717) is 19.4 Å². The molecule has 13 nitrogen and oxygen atoms in total. The molecule has 1 aliphatic rings. The number of nitrogens with zero attached hydrogens (tertiary/aromatic N) is 2. The largest absolute Gasteiger partial charge is 0.508 e. The molecule has 4 atom stereocenters. The number of likely N-dealkylation sites (N-methyl/N-ethyl adjacent to an activating group) is 1. The van der Waals surface area contributed by atoms with Crippen LogP contribution in [0.1, 0.15) is 29.5 Å². The van der Waals surface area contributed by atoms with Crippen molar-refractivity contribution in [3.63, 3.8) is 0 Å². The molecule has 1 aliphatic heterocycles. The van der Waals surface area contributed by atoms with E-state index in [2.05, 4.69) is 10.6 Å². The summed E-state index contributed by atoms with van der Waals surface area (Å²) in [5.41, 5.74) is 8.74. The van der Waals surface area contributed by atoms with Crippen LogP contribution in [-0.4, -0.2) is 112 Å². The van der Waals surface area contributed by atoms with Gasteiger partial charge in [-0.05, 0) is 48.1 Å². The Kier molecular flexibility index (Phi) is 15.8. The van der Waals surface area contributed by atoms with Crippen molar-refractivity contribution < 1.29 is 52.5 Å². The quantitative estimate of drug-likeness (QED) is 0.142. The first-order chi connectivity index (χ1) is 25.1. The number of aliphatic hydroxyl groups excluding tert-OH is 1. The number of halogens is 3. The molecule has 1 fully saturated rings. The second-order valence-corrected chi connectivity index (χ2v) is 12.4. The fourth-order valence-electron chi connectivity index (χ4n) is 5.73. The number of likely N-dealkylation sites (tertiary alicyclic amines) is 1. The minimum Gasteiger partial charge on any atom is -0.508 e. The Balaban J connectivity index is 0.000000980. The molecule has 0 spiro atoms. The minimum absolute atomic E-state index is 0.0340. The van der Waals surface area contributed by atoms with Crippen LogP contribution in [0, 0.1) is 0 Å². The normalized spacial score (nSPS) is 15.6. The van der Waals surface area contributed by atoms with Crippen molar-refractivity contribution in [2.45, 2.75) is 62.4 Å². The zero-order valence-electron chi connectivity index (χ0n) is 29.0. The van der Waals surface area contributed by atoms with Gasteiger partial charge in [-0.25, -0.2) is 4.79 Å². The molecule has 1 saturated heterocycles. The molecule has 0 unspecified atom stereocenters. The van der Waals surface area contributed by atoms with Crippen LogP contribution in [0.25, 0.3) is 0 Å². The van der Waals surface area contributed by atoms with Gasteiger partial charge in [-0.3, -0.25) is 19.2 Å². The molecular formula is C37H44F3N5O8. The molecule has 0 aliphatic carbocycles. The molecule has 286 valence electrons. The number of rotatable bonds is 14. The zero-order chi connectivity index (χ0) is 39.1. The van der Waals surface area contributed by atoms with E-state index in [1.807, 2.05) is 60.7 Å². The number of hydrogen-bond acceptors (Lipinski definition) is 8. The number of carbonyl (C=O) groups excluding carboxylic acids is 4. The summed E-state index contributed by atoms with van der Waals surface area (Å²) in [6.45, 7) is 0.152. The van der Waals surface area contributed by atoms with E-state index in [9.17, 15) is 42.6 Å². The summed E-state index contributed by atoms with van der Waals surface area (Å²) in [6, 6.07) is 21.4. The second kappa shape index (κ2) is 19.9. The predicted molar refractivity (Wildman–Crippen MR) is 187 cm³/mol. The number of aliphatic carboxylic acids is 1. The molecule has 0 aromatic heterocycles. The first kappa shape index (κ1) is 41.9. The molecule has 4 rings (SSSR count). The maximum atomic E-state index is 14.0. The highest BCUT2D eigenvalue weighted by molar-refractivity contribution is 5.95. The van der Waals surface area contributed by atoms with Crippen LogP contribution >= 0.6 is 0 Å². The molecule has 53 heavy (non-hydrogen) atoms. The van der Waals surface area contributed by atoms with Gasteiger partial charge in [-0.2, -0.15) is 13.2 Å². The SMILES string of the molecule is CN(C(=O)[C@@H]1CCCN1C(=O)[C@@H](N)Cc1ccc(O)cc1)[C@@H](Cc1ccccc1)C(=O)N[C@@H](Cc1ccccc1)C(=O)NCCO.O=C(O)C(F)(F)F. The third-order valence-corrected chi connectivity index (χ3v) is 8.49. The number of nitrogens with one attached hydrogen (secondary N) is 2. The minimum atomic E-state index is -5.08. The van der Waals surface area contributed by atoms with Crippen LogP contribution in [0.2, 0.25) is 0 Å². The van der Waals surface area contributed by atoms with E-state index in [1.165, 1.54) is 21.9 Å². The molecule has 16 heteroatoms. The van der Waals surface area contributed by atoms with Crippen LogP contribution in [-0.2, 0) is 43.2 Å². The van der Waals surface area contributed by atoms with Crippen LogP contribution < -0.4 is 16.4 Å². The zero-order valence-corrected chi connectivity index (χ0v) is 29.0. The van der Waals surface area contributed by atoms with E-state index in [4.69, 9.17) is 15.6 Å². The monoisotopic (exact) mass is 743 g/mol. The molecule has 7 N–H and O–H groups in total. The number of aliphatic hydroxyl groups is 1. The second-order valence-electron chi connectivity index (χ2n) is 12.4. The van der Waals surface area contributed by atoms with Crippen LogP contribution in [0.3, 0.4) is 0 Å². The molecule has 0 bridgehead atoms. The standard InChI is InChI=1S/C35H43N5O6.C2HF3O2/c1-39(35(46)30-13-8-19-40(30)34(45)28(36)21-26-14-16-27(42)17-15-26)31(23-25-11-6-3-7-12-25)33(44)38-29(32(43)37-18-20-41)22-24-9-4-2-5-10-24;3-2(4,5)1(6)7/h2-7,9-12,14-17,28-31,41-42H,8,13,18-23,36H2,1H3,(H,37,43)(H,38,44);(H,6,7)/t28-,29-,30-,31-;/m0./s1. The molecule has 3 aromatic carbocycles. The fraction of sp³-hybridized carbons (Fsp3) is 0.378. The Hall–Kier alpha value is -5.48. The summed E-state index contributed by atoms with van der Waals surface area (Å²) in [7, 11) is 1.55. The number of phenols is 1. The summed E-state index contributed by atoms with van der Waals surface area (Å²) in [5.74, 6) is -4.35. The molecule has 3 aromatic rings. The van der Waals surface area contributed by atoms with Gasteiger partial charge < -0.3 is 41.5 Å². The van der Waals surface area contributed by atoms with Crippen molar-refractivity contribution in [2.75, 3.05) is 26.7 Å². The number of benzene rings is 3. The van der Waals surface area contributed by atoms with Gasteiger partial charge in [0.25, 0.3) is 0 Å². The highest BCUT2D eigenvalue weighted by atomic mass is 19.4. The lowest BCUT2D eigenvalue weighted by atomic mass is 10.0. The number of carboxylic acids is 1. The lowest BCUT2D eigenvalue weighted by Crippen LogP contribution is -2.58. The van der Waals surface area contributed by atoms with Gasteiger partial charge in [0, 0.05) is 33.0 Å². The van der Waals surface area contributed by atoms with E-state index < -0.39 is 48.1 Å². The number of amides is 4.